The molecule has 0 aliphatic carbocycles. The fourth-order valence-electron chi connectivity index (χ4n) is 3.87. The Morgan fingerprint density at radius 2 is 1.73 bits per heavy atom. The van der Waals surface area contributed by atoms with Crippen LogP contribution in [0.2, 0.25) is 0 Å². The van der Waals surface area contributed by atoms with Gasteiger partial charge in [-0.2, -0.15) is 0 Å². The summed E-state index contributed by atoms with van der Waals surface area (Å²) in [7, 11) is 1.33. The van der Waals surface area contributed by atoms with Crippen LogP contribution in [0.25, 0.3) is 0 Å². The zero-order chi connectivity index (χ0) is 24.7. The first-order valence-corrected chi connectivity index (χ1v) is 12.0. The van der Waals surface area contributed by atoms with Crippen LogP contribution in [-0.2, 0) is 19.1 Å². The average molecular weight is 475 g/mol. The van der Waals surface area contributed by atoms with Crippen molar-refractivity contribution in [3.8, 4) is 0 Å². The predicted molar refractivity (Wildman–Crippen MR) is 128 cm³/mol. The molecule has 1 amide bonds. The monoisotopic (exact) mass is 474 g/mol. The third-order valence-corrected chi connectivity index (χ3v) is 6.73. The van der Waals surface area contributed by atoms with Crippen molar-refractivity contribution >= 4 is 29.2 Å². The van der Waals surface area contributed by atoms with Crippen molar-refractivity contribution in [3.63, 3.8) is 0 Å². The Morgan fingerprint density at radius 3 is 2.21 bits per heavy atom. The Kier molecular flexibility index (Phi) is 9.58. The molecule has 180 valence electrons. The van der Waals surface area contributed by atoms with Crippen molar-refractivity contribution in [1.82, 2.24) is 9.88 Å². The zero-order valence-corrected chi connectivity index (χ0v) is 21.3. The second kappa shape index (κ2) is 11.9. The van der Waals surface area contributed by atoms with Gasteiger partial charge in [-0.25, -0.2) is 9.78 Å². The molecule has 0 N–H and O–H groups in total. The van der Waals surface area contributed by atoms with Crippen molar-refractivity contribution in [1.29, 1.82) is 0 Å². The van der Waals surface area contributed by atoms with Crippen molar-refractivity contribution in [3.05, 3.63) is 51.5 Å². The number of nitrogens with zero attached hydrogens (tertiary/aromatic N) is 2. The van der Waals surface area contributed by atoms with E-state index < -0.39 is 18.1 Å². The molecule has 0 saturated carbocycles. The van der Waals surface area contributed by atoms with Crippen LogP contribution in [0.15, 0.2) is 30.3 Å². The van der Waals surface area contributed by atoms with E-state index >= 15 is 0 Å². The van der Waals surface area contributed by atoms with E-state index in [1.807, 2.05) is 58.0 Å². The molecule has 2 atom stereocenters. The molecule has 8 heteroatoms. The second-order valence-corrected chi connectivity index (χ2v) is 9.52. The fraction of sp³-hybridized carbons (Fsp3) is 0.520. The summed E-state index contributed by atoms with van der Waals surface area (Å²) in [5, 5.41) is 0.647. The molecule has 7 nitrogen and oxygen atoms in total. The summed E-state index contributed by atoms with van der Waals surface area (Å²) < 4.78 is 10.2. The number of ether oxygens (including phenoxy) is 2. The molecule has 0 saturated heterocycles. The van der Waals surface area contributed by atoms with Crippen LogP contribution in [0.4, 0.5) is 0 Å². The van der Waals surface area contributed by atoms with Gasteiger partial charge in [0.1, 0.15) is 5.01 Å². The Hall–Kier alpha value is -2.74. The van der Waals surface area contributed by atoms with Gasteiger partial charge in [0.25, 0.3) is 0 Å². The Bertz CT molecular complexity index is 955. The Morgan fingerprint density at radius 1 is 1.09 bits per heavy atom. The second-order valence-electron chi connectivity index (χ2n) is 8.46. The van der Waals surface area contributed by atoms with Crippen molar-refractivity contribution < 1.29 is 23.9 Å². The highest BCUT2D eigenvalue weighted by molar-refractivity contribution is 7.12. The number of methoxy groups -OCH3 is 1. The summed E-state index contributed by atoms with van der Waals surface area (Å²) in [6.07, 6.45) is 0.0208. The quantitative estimate of drug-likeness (QED) is 0.435. The van der Waals surface area contributed by atoms with Gasteiger partial charge in [-0.3, -0.25) is 9.59 Å². The lowest BCUT2D eigenvalue weighted by atomic mass is 9.95. The van der Waals surface area contributed by atoms with Crippen LogP contribution < -0.4 is 0 Å². The molecule has 1 heterocycles. The minimum Gasteiger partial charge on any atom is -0.466 e. The minimum atomic E-state index is -0.539. The normalized spacial score (nSPS) is 13.0. The van der Waals surface area contributed by atoms with E-state index in [0.29, 0.717) is 5.01 Å². The lowest BCUT2D eigenvalue weighted by Gasteiger charge is -2.38. The third-order valence-electron chi connectivity index (χ3n) is 5.31. The van der Waals surface area contributed by atoms with Gasteiger partial charge in [0.15, 0.2) is 5.69 Å². The molecule has 0 aliphatic heterocycles. The third kappa shape index (κ3) is 6.41. The van der Waals surface area contributed by atoms with E-state index in [-0.39, 0.29) is 42.4 Å². The minimum absolute atomic E-state index is 0.0208. The van der Waals surface area contributed by atoms with Gasteiger partial charge in [0.2, 0.25) is 5.91 Å². The Balaban J connectivity index is 2.65. The number of aromatic nitrogens is 1. The van der Waals surface area contributed by atoms with Gasteiger partial charge in [0.05, 0.1) is 32.2 Å². The number of hydrogen-bond acceptors (Lipinski definition) is 7. The summed E-state index contributed by atoms with van der Waals surface area (Å²) in [6.45, 7) is 11.5. The number of amides is 1. The van der Waals surface area contributed by atoms with Gasteiger partial charge in [0, 0.05) is 11.8 Å². The van der Waals surface area contributed by atoms with Crippen molar-refractivity contribution in [2.75, 3.05) is 13.7 Å². The maximum atomic E-state index is 13.1. The van der Waals surface area contributed by atoms with E-state index in [4.69, 9.17) is 9.47 Å². The first kappa shape index (κ1) is 26.5. The largest absolute Gasteiger partial charge is 0.466 e. The number of hydrogen-bond donors (Lipinski definition) is 0. The predicted octanol–water partition coefficient (Wildman–Crippen LogP) is 5.29. The molecule has 0 spiro atoms. The van der Waals surface area contributed by atoms with Gasteiger partial charge < -0.3 is 14.4 Å². The molecule has 0 fully saturated rings. The molecule has 1 aromatic heterocycles. The van der Waals surface area contributed by atoms with Crippen LogP contribution in [0.3, 0.4) is 0 Å². The molecule has 2 unspecified atom stereocenters. The highest BCUT2D eigenvalue weighted by Crippen LogP contribution is 2.41. The van der Waals surface area contributed by atoms with E-state index in [2.05, 4.69) is 4.98 Å². The van der Waals surface area contributed by atoms with Crippen LogP contribution >= 0.6 is 11.3 Å². The smallest absolute Gasteiger partial charge is 0.357 e. The highest BCUT2D eigenvalue weighted by atomic mass is 32.1. The maximum Gasteiger partial charge on any atom is 0.357 e. The van der Waals surface area contributed by atoms with E-state index in [0.717, 1.165) is 10.4 Å². The molecule has 2 aromatic rings. The summed E-state index contributed by atoms with van der Waals surface area (Å²) >= 11 is 1.41. The number of benzene rings is 1. The molecule has 0 bridgehead atoms. The summed E-state index contributed by atoms with van der Waals surface area (Å²) in [5.41, 5.74) is 1.11. The lowest BCUT2D eigenvalue weighted by molar-refractivity contribution is -0.147. The van der Waals surface area contributed by atoms with Crippen molar-refractivity contribution in [2.45, 2.75) is 66.0 Å². The van der Waals surface area contributed by atoms with Crippen LogP contribution in [0.1, 0.15) is 91.9 Å². The average Bonchev–Trinajstić information content (AvgIpc) is 3.21. The number of carbonyl (C=O) groups is 3. The molecule has 33 heavy (non-hydrogen) atoms. The first-order valence-electron chi connectivity index (χ1n) is 11.2. The summed E-state index contributed by atoms with van der Waals surface area (Å²) in [5.74, 6) is -1.03. The summed E-state index contributed by atoms with van der Waals surface area (Å²) in [4.78, 5) is 45.2. The van der Waals surface area contributed by atoms with E-state index in [1.165, 1.54) is 25.4 Å². The van der Waals surface area contributed by atoms with E-state index in [1.54, 1.807) is 11.8 Å². The molecular formula is C25H34N2O5S. The number of thiazole rings is 1. The van der Waals surface area contributed by atoms with Crippen LogP contribution in [-0.4, -0.2) is 41.4 Å². The van der Waals surface area contributed by atoms with Crippen molar-refractivity contribution in [2.24, 2.45) is 5.92 Å². The first-order chi connectivity index (χ1) is 15.6. The molecule has 0 aliphatic rings. The number of carbonyl (C=O) groups excluding carboxylic acids is 3. The highest BCUT2D eigenvalue weighted by Gasteiger charge is 2.37. The lowest BCUT2D eigenvalue weighted by Crippen LogP contribution is -2.40. The molecule has 2 rings (SSSR count). The maximum absolute atomic E-state index is 13.1. The van der Waals surface area contributed by atoms with Gasteiger partial charge in [-0.05, 0) is 24.3 Å². The van der Waals surface area contributed by atoms with Crippen LogP contribution in [0.5, 0.6) is 0 Å². The Labute approximate surface area is 200 Å². The SMILES string of the molecule is CCOC(=O)CC(c1ccccc1)N(C(C)=O)C(c1nc(C(=O)OC)c(C(C)C)s1)C(C)C. The summed E-state index contributed by atoms with van der Waals surface area (Å²) in [6, 6.07) is 8.47. The van der Waals surface area contributed by atoms with Gasteiger partial charge in [-0.15, -0.1) is 11.3 Å². The number of esters is 2. The molecule has 0 radical (unpaired) electrons. The van der Waals surface area contributed by atoms with Gasteiger partial charge in [-0.1, -0.05) is 58.0 Å². The van der Waals surface area contributed by atoms with Gasteiger partial charge >= 0.3 is 11.9 Å². The molecular weight excluding hydrogens is 440 g/mol. The standard InChI is InChI=1S/C25H34N2O5S/c1-8-32-20(29)14-19(18-12-10-9-11-13-18)27(17(6)28)22(15(2)3)24-26-21(25(30)31-7)23(33-24)16(4)5/h9-13,15-16,19,22H,8,14H2,1-7H3. The molecule has 1 aromatic carbocycles. The fourth-order valence-corrected chi connectivity index (χ4v) is 5.20. The van der Waals surface area contributed by atoms with E-state index in [9.17, 15) is 14.4 Å². The number of rotatable bonds is 10. The van der Waals surface area contributed by atoms with Crippen LogP contribution in [0, 0.1) is 5.92 Å². The zero-order valence-electron chi connectivity index (χ0n) is 20.5. The topological polar surface area (TPSA) is 85.8 Å².